The fourth-order valence-electron chi connectivity index (χ4n) is 3.61. The van der Waals surface area contributed by atoms with Crippen LogP contribution in [-0.2, 0) is 25.2 Å². The third-order valence-electron chi connectivity index (χ3n) is 5.24. The van der Waals surface area contributed by atoms with E-state index in [2.05, 4.69) is 10.6 Å². The lowest BCUT2D eigenvalue weighted by Crippen LogP contribution is -2.45. The zero-order chi connectivity index (χ0) is 24.7. The molecule has 0 aromatic heterocycles. The van der Waals surface area contributed by atoms with Gasteiger partial charge in [-0.2, -0.15) is 0 Å². The molecule has 0 radical (unpaired) electrons. The third-order valence-corrected chi connectivity index (χ3v) is 6.69. The molecule has 0 aliphatic heterocycles. The third kappa shape index (κ3) is 7.59. The van der Waals surface area contributed by atoms with E-state index >= 15 is 0 Å². The van der Waals surface area contributed by atoms with E-state index in [9.17, 15) is 27.4 Å². The van der Waals surface area contributed by atoms with E-state index in [4.69, 9.17) is 11.6 Å². The number of rotatable bonds is 9. The van der Waals surface area contributed by atoms with Gasteiger partial charge >= 0.3 is 0 Å². The maximum atomic E-state index is 13.6. The number of anilines is 2. The summed E-state index contributed by atoms with van der Waals surface area (Å²) < 4.78 is 39.1. The topological polar surface area (TPSA) is 95.6 Å². The summed E-state index contributed by atoms with van der Waals surface area (Å²) in [5.41, 5.74) is 0.492. The number of halogens is 3. The van der Waals surface area contributed by atoms with Crippen LogP contribution in [0.2, 0.25) is 5.02 Å². The van der Waals surface area contributed by atoms with Crippen molar-refractivity contribution in [3.8, 4) is 0 Å². The van der Waals surface area contributed by atoms with Crippen LogP contribution in [0.4, 0.5) is 20.2 Å². The van der Waals surface area contributed by atoms with Crippen LogP contribution in [0.15, 0.2) is 42.5 Å². The summed E-state index contributed by atoms with van der Waals surface area (Å²) in [5.74, 6) is -3.87. The second kappa shape index (κ2) is 12.0. The highest BCUT2D eigenvalue weighted by molar-refractivity contribution is 7.86. The molecule has 182 valence electrons. The molecule has 3 amide bonds. The molecule has 1 atom stereocenters. The van der Waals surface area contributed by atoms with E-state index in [-0.39, 0.29) is 23.3 Å². The molecule has 1 saturated carbocycles. The molecule has 2 aromatic carbocycles. The Morgan fingerprint density at radius 1 is 1.00 bits per heavy atom. The SMILES string of the molecule is O=C(C[S@](=O)CC(=O)N(CC(=O)NC1CCCC1)c1ccc(F)c(Cl)c1)Nc1ccc(F)cc1. The van der Waals surface area contributed by atoms with Crippen LogP contribution in [0.5, 0.6) is 0 Å². The highest BCUT2D eigenvalue weighted by Crippen LogP contribution is 2.23. The maximum absolute atomic E-state index is 13.6. The van der Waals surface area contributed by atoms with Crippen molar-refractivity contribution in [3.05, 3.63) is 59.1 Å². The largest absolute Gasteiger partial charge is 0.352 e. The molecule has 0 bridgehead atoms. The fraction of sp³-hybridized carbons (Fsp3) is 0.348. The Balaban J connectivity index is 1.64. The molecule has 2 aromatic rings. The quantitative estimate of drug-likeness (QED) is 0.539. The van der Waals surface area contributed by atoms with E-state index in [0.717, 1.165) is 36.6 Å². The molecule has 0 spiro atoms. The Bertz CT molecular complexity index is 1080. The van der Waals surface area contributed by atoms with E-state index < -0.39 is 51.7 Å². The van der Waals surface area contributed by atoms with Crippen LogP contribution in [0, 0.1) is 11.6 Å². The molecular weight excluding hydrogens is 488 g/mol. The molecule has 11 heteroatoms. The summed E-state index contributed by atoms with van der Waals surface area (Å²) in [5, 5.41) is 5.11. The van der Waals surface area contributed by atoms with Gasteiger partial charge in [0.2, 0.25) is 17.7 Å². The van der Waals surface area contributed by atoms with Crippen LogP contribution in [0.1, 0.15) is 25.7 Å². The Morgan fingerprint density at radius 3 is 2.32 bits per heavy atom. The lowest BCUT2D eigenvalue weighted by molar-refractivity contribution is -0.123. The van der Waals surface area contributed by atoms with Crippen molar-refractivity contribution in [2.45, 2.75) is 31.7 Å². The first kappa shape index (κ1) is 25.8. The molecule has 1 aliphatic rings. The van der Waals surface area contributed by atoms with Gasteiger partial charge in [0.05, 0.1) is 5.02 Å². The summed E-state index contributed by atoms with van der Waals surface area (Å²) in [6.45, 7) is -0.365. The molecule has 2 N–H and O–H groups in total. The Kier molecular flexibility index (Phi) is 9.12. The Hall–Kier alpha value is -2.85. The standard InChI is InChI=1S/C23H24ClF2N3O4S/c24-19-11-18(9-10-20(19)26)29(12-21(30)27-16-3-1-2-4-16)23(32)14-34(33)13-22(31)28-17-7-5-15(25)6-8-17/h5-11,16H,1-4,12-14H2,(H,27,30)(H,28,31)/t34-/m0/s1. The lowest BCUT2D eigenvalue weighted by Gasteiger charge is -2.23. The van der Waals surface area contributed by atoms with Crippen molar-refractivity contribution >= 4 is 51.5 Å². The first-order valence-corrected chi connectivity index (χ1v) is 12.5. The summed E-state index contributed by atoms with van der Waals surface area (Å²) in [4.78, 5) is 38.7. The number of nitrogens with zero attached hydrogens (tertiary/aromatic N) is 1. The van der Waals surface area contributed by atoms with Crippen LogP contribution >= 0.6 is 11.6 Å². The first-order chi connectivity index (χ1) is 16.2. The van der Waals surface area contributed by atoms with Crippen LogP contribution < -0.4 is 15.5 Å². The van der Waals surface area contributed by atoms with E-state index in [1.54, 1.807) is 0 Å². The predicted octanol–water partition coefficient (Wildman–Crippen LogP) is 3.40. The number of benzene rings is 2. The van der Waals surface area contributed by atoms with Crippen molar-refractivity contribution in [2.75, 3.05) is 28.3 Å². The fourth-order valence-corrected chi connectivity index (χ4v) is 4.68. The van der Waals surface area contributed by atoms with Crippen molar-refractivity contribution < 1.29 is 27.4 Å². The van der Waals surface area contributed by atoms with E-state index in [0.29, 0.717) is 5.69 Å². The maximum Gasteiger partial charge on any atom is 0.240 e. The van der Waals surface area contributed by atoms with E-state index in [1.807, 2.05) is 0 Å². The van der Waals surface area contributed by atoms with Gasteiger partial charge in [0.25, 0.3) is 0 Å². The van der Waals surface area contributed by atoms with Gasteiger partial charge in [0, 0.05) is 28.2 Å². The second-order valence-electron chi connectivity index (χ2n) is 7.91. The molecular formula is C23H24ClF2N3O4S. The molecule has 1 fully saturated rings. The highest BCUT2D eigenvalue weighted by Gasteiger charge is 2.25. The number of amides is 3. The number of carbonyl (C=O) groups is 3. The van der Waals surface area contributed by atoms with Crippen LogP contribution in [-0.4, -0.2) is 46.0 Å². The minimum absolute atomic E-state index is 0.0329. The van der Waals surface area contributed by atoms with Gasteiger partial charge in [-0.15, -0.1) is 0 Å². The van der Waals surface area contributed by atoms with Crippen molar-refractivity contribution in [3.63, 3.8) is 0 Å². The van der Waals surface area contributed by atoms with Crippen LogP contribution in [0.3, 0.4) is 0 Å². The normalized spacial score (nSPS) is 14.4. The average Bonchev–Trinajstić information content (AvgIpc) is 3.28. The monoisotopic (exact) mass is 511 g/mol. The first-order valence-electron chi connectivity index (χ1n) is 10.7. The van der Waals surface area contributed by atoms with Crippen molar-refractivity contribution in [2.24, 2.45) is 0 Å². The minimum atomic E-state index is -1.90. The van der Waals surface area contributed by atoms with Crippen LogP contribution in [0.25, 0.3) is 0 Å². The predicted molar refractivity (Wildman–Crippen MR) is 127 cm³/mol. The smallest absolute Gasteiger partial charge is 0.240 e. The molecule has 1 aliphatic carbocycles. The van der Waals surface area contributed by atoms with Gasteiger partial charge < -0.3 is 15.5 Å². The zero-order valence-corrected chi connectivity index (χ0v) is 19.8. The zero-order valence-electron chi connectivity index (χ0n) is 18.2. The molecule has 0 heterocycles. The molecule has 7 nitrogen and oxygen atoms in total. The average molecular weight is 512 g/mol. The minimum Gasteiger partial charge on any atom is -0.352 e. The number of hydrogen-bond acceptors (Lipinski definition) is 4. The van der Waals surface area contributed by atoms with Crippen molar-refractivity contribution in [1.82, 2.24) is 5.32 Å². The number of carbonyl (C=O) groups excluding carboxylic acids is 3. The Labute approximate surface area is 203 Å². The summed E-state index contributed by atoms with van der Waals surface area (Å²) in [6, 6.07) is 8.64. The number of hydrogen-bond donors (Lipinski definition) is 2. The van der Waals surface area contributed by atoms with Gasteiger partial charge in [-0.05, 0) is 55.3 Å². The van der Waals surface area contributed by atoms with E-state index in [1.165, 1.54) is 36.4 Å². The molecule has 0 saturated heterocycles. The van der Waals surface area contributed by atoms with Gasteiger partial charge in [0.15, 0.2) is 0 Å². The number of nitrogens with one attached hydrogen (secondary N) is 2. The highest BCUT2D eigenvalue weighted by atomic mass is 35.5. The Morgan fingerprint density at radius 2 is 1.68 bits per heavy atom. The second-order valence-corrected chi connectivity index (χ2v) is 9.77. The van der Waals surface area contributed by atoms with Gasteiger partial charge in [0.1, 0.15) is 29.7 Å². The molecule has 3 rings (SSSR count). The summed E-state index contributed by atoms with van der Waals surface area (Å²) in [7, 11) is -1.90. The molecule has 34 heavy (non-hydrogen) atoms. The van der Waals surface area contributed by atoms with Gasteiger partial charge in [-0.25, -0.2) is 8.78 Å². The lowest BCUT2D eigenvalue weighted by atomic mass is 10.2. The van der Waals surface area contributed by atoms with Gasteiger partial charge in [-0.3, -0.25) is 18.6 Å². The molecule has 0 unspecified atom stereocenters. The summed E-state index contributed by atoms with van der Waals surface area (Å²) >= 11 is 5.85. The van der Waals surface area contributed by atoms with Gasteiger partial charge in [-0.1, -0.05) is 24.4 Å². The summed E-state index contributed by atoms with van der Waals surface area (Å²) in [6.07, 6.45) is 3.74. The van der Waals surface area contributed by atoms with Crippen molar-refractivity contribution in [1.29, 1.82) is 0 Å².